The number of amides is 3. The van der Waals surface area contributed by atoms with Gasteiger partial charge in [0.2, 0.25) is 18.0 Å². The zero-order valence-electron chi connectivity index (χ0n) is 29.2. The minimum atomic E-state index is -5.27. The Bertz CT molecular complexity index is 1430. The lowest BCUT2D eigenvalue weighted by molar-refractivity contribution is -0.167. The molecule has 0 saturated carbocycles. The first-order chi connectivity index (χ1) is 25.0. The maximum atomic E-state index is 14.8. The summed E-state index contributed by atoms with van der Waals surface area (Å²) in [5.41, 5.74) is -1.91. The zero-order chi connectivity index (χ0) is 39.6. The van der Waals surface area contributed by atoms with Crippen LogP contribution in [0.1, 0.15) is 58.1 Å². The number of carbonyl (C=O) groups excluding carboxylic acids is 5. The van der Waals surface area contributed by atoms with Gasteiger partial charge in [0.05, 0.1) is 39.1 Å². The lowest BCUT2D eigenvalue weighted by Gasteiger charge is -2.21. The lowest BCUT2D eigenvalue weighted by atomic mass is 10.1. The van der Waals surface area contributed by atoms with Crippen molar-refractivity contribution in [1.29, 1.82) is 0 Å². The highest BCUT2D eigenvalue weighted by Gasteiger charge is 2.60. The molecule has 0 aliphatic carbocycles. The molecule has 0 bridgehead atoms. The normalized spacial score (nSPS) is 18.6. The topological polar surface area (TPSA) is 210 Å². The average molecular weight is 773 g/mol. The second-order valence-corrected chi connectivity index (χ2v) is 11.8. The Labute approximate surface area is 301 Å². The molecule has 1 aromatic heterocycles. The van der Waals surface area contributed by atoms with Crippen molar-refractivity contribution in [2.45, 2.75) is 88.4 Å². The Morgan fingerprint density at radius 2 is 1.66 bits per heavy atom. The number of ketones is 1. The second kappa shape index (κ2) is 22.2. The molecule has 1 aliphatic heterocycles. The fourth-order valence-corrected chi connectivity index (χ4v) is 4.77. The Kier molecular flexibility index (Phi) is 18.9. The second-order valence-electron chi connectivity index (χ2n) is 11.8. The largest absolute Gasteiger partial charge is 0.471 e. The van der Waals surface area contributed by atoms with Crippen LogP contribution in [0.4, 0.5) is 27.6 Å². The van der Waals surface area contributed by atoms with Gasteiger partial charge in [0.25, 0.3) is 5.56 Å². The van der Waals surface area contributed by atoms with Crippen molar-refractivity contribution in [3.05, 3.63) is 28.7 Å². The van der Waals surface area contributed by atoms with E-state index >= 15 is 0 Å². The number of methoxy groups -OCH3 is 1. The average Bonchev–Trinajstić information content (AvgIpc) is 3.30. The van der Waals surface area contributed by atoms with Crippen LogP contribution in [-0.4, -0.2) is 123 Å². The molecule has 300 valence electrons. The summed E-state index contributed by atoms with van der Waals surface area (Å²) in [5.74, 6) is -8.43. The smallest absolute Gasteiger partial charge is 0.463 e. The standard InChI is InChI=1S/C32H45F5N4O12/c1-20(42)22(6-3-4-11-38-24(43)10-13-50-16-17-51-15-14-49-2)40-25(44)7-5-8-27(46)52-19-23-28(47)31(33,34)30(53-23)41-12-9-21(18-26(41)45)39-29(48)32(35,36)37/h9,12,18,22-23,28,30,47H,3-8,10-11,13-17,19H2,1-2H3,(H,38,43)(H,39,48)(H,40,44)/t22?,23-,28?,30-/m1/s1. The van der Waals surface area contributed by atoms with Crippen molar-refractivity contribution in [1.82, 2.24) is 15.2 Å². The molecule has 0 spiro atoms. The van der Waals surface area contributed by atoms with Crippen LogP contribution in [0.25, 0.3) is 0 Å². The van der Waals surface area contributed by atoms with Crippen LogP contribution in [0, 0.1) is 0 Å². The molecular formula is C32H45F5N4O12. The molecule has 2 heterocycles. The molecule has 1 fully saturated rings. The van der Waals surface area contributed by atoms with Crippen LogP contribution >= 0.6 is 0 Å². The molecule has 53 heavy (non-hydrogen) atoms. The summed E-state index contributed by atoms with van der Waals surface area (Å²) in [6.45, 7) is 2.73. The van der Waals surface area contributed by atoms with E-state index in [0.717, 1.165) is 6.07 Å². The number of aliphatic hydroxyl groups is 1. The minimum absolute atomic E-state index is 0.0363. The van der Waals surface area contributed by atoms with Gasteiger partial charge in [-0.2, -0.15) is 22.0 Å². The van der Waals surface area contributed by atoms with E-state index in [0.29, 0.717) is 69.1 Å². The molecule has 1 aliphatic rings. The van der Waals surface area contributed by atoms with Crippen molar-refractivity contribution < 1.29 is 74.7 Å². The molecule has 21 heteroatoms. The lowest BCUT2D eigenvalue weighted by Crippen LogP contribution is -2.41. The molecule has 1 aromatic rings. The van der Waals surface area contributed by atoms with Crippen LogP contribution < -0.4 is 21.5 Å². The third-order valence-corrected chi connectivity index (χ3v) is 7.63. The summed E-state index contributed by atoms with van der Waals surface area (Å²) >= 11 is 0. The molecule has 3 amide bonds. The van der Waals surface area contributed by atoms with E-state index in [9.17, 15) is 55.8 Å². The van der Waals surface area contributed by atoms with Crippen molar-refractivity contribution >= 4 is 35.2 Å². The van der Waals surface area contributed by atoms with Gasteiger partial charge in [-0.25, -0.2) is 0 Å². The Balaban J connectivity index is 1.68. The predicted octanol–water partition coefficient (Wildman–Crippen LogP) is 1.39. The van der Waals surface area contributed by atoms with E-state index in [1.807, 2.05) is 0 Å². The zero-order valence-corrected chi connectivity index (χ0v) is 29.2. The van der Waals surface area contributed by atoms with Crippen LogP contribution in [0.2, 0.25) is 0 Å². The van der Waals surface area contributed by atoms with Crippen molar-refractivity contribution in [3.8, 4) is 0 Å². The molecule has 0 radical (unpaired) electrons. The van der Waals surface area contributed by atoms with Crippen molar-refractivity contribution in [2.24, 2.45) is 0 Å². The number of halogens is 5. The van der Waals surface area contributed by atoms with Gasteiger partial charge in [-0.3, -0.25) is 33.3 Å². The van der Waals surface area contributed by atoms with Gasteiger partial charge in [-0.05, 0) is 38.7 Å². The number of rotatable bonds is 24. The van der Waals surface area contributed by atoms with E-state index in [4.69, 9.17) is 23.7 Å². The number of esters is 1. The monoisotopic (exact) mass is 772 g/mol. The Morgan fingerprint density at radius 3 is 2.30 bits per heavy atom. The van der Waals surface area contributed by atoms with E-state index in [1.54, 1.807) is 7.11 Å². The number of Topliss-reactive ketones (excluding diaryl/α,β-unsaturated/α-hetero) is 1. The summed E-state index contributed by atoms with van der Waals surface area (Å²) in [4.78, 5) is 72.0. The number of anilines is 1. The van der Waals surface area contributed by atoms with Crippen LogP contribution in [0.5, 0.6) is 0 Å². The highest BCUT2D eigenvalue weighted by Crippen LogP contribution is 2.42. The molecule has 1 saturated heterocycles. The van der Waals surface area contributed by atoms with Gasteiger partial charge in [0, 0.05) is 50.9 Å². The van der Waals surface area contributed by atoms with E-state index < -0.39 is 72.2 Å². The van der Waals surface area contributed by atoms with Gasteiger partial charge in [-0.15, -0.1) is 0 Å². The quantitative estimate of drug-likeness (QED) is 0.0668. The SMILES string of the molecule is COCCOCCOCCC(=O)NCCCCC(NC(=O)CCCC(=O)OC[C@H]1O[C@@H](n2ccc(NC(=O)C(F)(F)F)cc2=O)C(F)(F)C1O)C(C)=O. The van der Waals surface area contributed by atoms with Gasteiger partial charge in [0.15, 0.2) is 11.9 Å². The highest BCUT2D eigenvalue weighted by atomic mass is 19.4. The van der Waals surface area contributed by atoms with Crippen molar-refractivity contribution in [2.75, 3.05) is 58.6 Å². The Hall–Kier alpha value is -4.05. The minimum Gasteiger partial charge on any atom is -0.463 e. The third-order valence-electron chi connectivity index (χ3n) is 7.63. The summed E-state index contributed by atoms with van der Waals surface area (Å²) < 4.78 is 92.7. The number of aromatic nitrogens is 1. The number of pyridine rings is 1. The summed E-state index contributed by atoms with van der Waals surface area (Å²) in [7, 11) is 1.57. The summed E-state index contributed by atoms with van der Waals surface area (Å²) in [6, 6.07) is 0.401. The number of unbranched alkanes of at least 4 members (excludes halogenated alkanes) is 1. The number of hydrogen-bond donors (Lipinski definition) is 4. The molecule has 4 N–H and O–H groups in total. The molecule has 2 rings (SSSR count). The molecule has 16 nitrogen and oxygen atoms in total. The first kappa shape index (κ1) is 45.1. The predicted molar refractivity (Wildman–Crippen MR) is 173 cm³/mol. The van der Waals surface area contributed by atoms with Crippen molar-refractivity contribution in [3.63, 3.8) is 0 Å². The number of alkyl halides is 5. The third kappa shape index (κ3) is 15.8. The number of aliphatic hydroxyl groups excluding tert-OH is 1. The van der Waals surface area contributed by atoms with E-state index in [2.05, 4.69) is 10.6 Å². The van der Waals surface area contributed by atoms with Crippen LogP contribution in [0.3, 0.4) is 0 Å². The summed E-state index contributed by atoms with van der Waals surface area (Å²) in [5, 5.41) is 16.8. The van der Waals surface area contributed by atoms with E-state index in [1.165, 1.54) is 12.2 Å². The number of nitrogens with one attached hydrogen (secondary N) is 3. The van der Waals surface area contributed by atoms with Gasteiger partial charge >= 0.3 is 24.0 Å². The van der Waals surface area contributed by atoms with Gasteiger partial charge < -0.3 is 44.7 Å². The first-order valence-electron chi connectivity index (χ1n) is 16.7. The molecule has 0 aromatic carbocycles. The Morgan fingerprint density at radius 1 is 0.981 bits per heavy atom. The van der Waals surface area contributed by atoms with Crippen LogP contribution in [-0.2, 0) is 47.7 Å². The van der Waals surface area contributed by atoms with Gasteiger partial charge in [-0.1, -0.05) is 0 Å². The maximum absolute atomic E-state index is 14.8. The fraction of sp³-hybridized carbons (Fsp3) is 0.688. The molecular weight excluding hydrogens is 727 g/mol. The fourth-order valence-electron chi connectivity index (χ4n) is 4.77. The maximum Gasteiger partial charge on any atom is 0.471 e. The number of ether oxygens (including phenoxy) is 5. The molecule has 4 atom stereocenters. The van der Waals surface area contributed by atoms with Crippen LogP contribution in [0.15, 0.2) is 23.1 Å². The summed E-state index contributed by atoms with van der Waals surface area (Å²) in [6.07, 6.45) is -10.4. The van der Waals surface area contributed by atoms with Gasteiger partial charge in [0.1, 0.15) is 12.7 Å². The first-order valence-corrected chi connectivity index (χ1v) is 16.7. The van der Waals surface area contributed by atoms with E-state index in [-0.39, 0.29) is 44.0 Å². The molecule has 2 unspecified atom stereocenters. The number of hydrogen-bond acceptors (Lipinski definition) is 12. The number of nitrogens with zero attached hydrogens (tertiary/aromatic N) is 1. The number of carbonyl (C=O) groups is 5. The highest BCUT2D eigenvalue weighted by molar-refractivity contribution is 5.94.